The lowest BCUT2D eigenvalue weighted by atomic mass is 10.00. The highest BCUT2D eigenvalue weighted by molar-refractivity contribution is 7.15. The molecule has 2 aromatic heterocycles. The number of anilines is 1. The van der Waals surface area contributed by atoms with Crippen LogP contribution in [0, 0.1) is 13.8 Å². The van der Waals surface area contributed by atoms with Crippen LogP contribution in [0.2, 0.25) is 0 Å². The first-order valence-electron chi connectivity index (χ1n) is 5.91. The lowest BCUT2D eigenvalue weighted by Crippen LogP contribution is -1.89. The molecule has 19 heavy (non-hydrogen) atoms. The number of rotatable bonds is 2. The maximum atomic E-state index is 5.94. The largest absolute Gasteiger partial charge is 0.367 e. The number of aromatic nitrogens is 2. The first kappa shape index (κ1) is 11.9. The summed E-state index contributed by atoms with van der Waals surface area (Å²) in [5.74, 6) is 0.343. The summed E-state index contributed by atoms with van der Waals surface area (Å²) in [6.07, 6.45) is 1.80. The minimum absolute atomic E-state index is 0.343. The topological polar surface area (TPSA) is 64.9 Å². The first-order valence-corrected chi connectivity index (χ1v) is 6.72. The summed E-state index contributed by atoms with van der Waals surface area (Å²) >= 11 is 1.58. The summed E-state index contributed by atoms with van der Waals surface area (Å²) in [5, 5.41) is 5.08. The van der Waals surface area contributed by atoms with Crippen LogP contribution < -0.4 is 5.73 Å². The van der Waals surface area contributed by atoms with Crippen LogP contribution in [0.1, 0.15) is 10.6 Å². The van der Waals surface area contributed by atoms with Gasteiger partial charge in [-0.05, 0) is 25.0 Å². The van der Waals surface area contributed by atoms with Crippen molar-refractivity contribution in [3.8, 4) is 21.7 Å². The zero-order valence-corrected chi connectivity index (χ0v) is 11.5. The molecular formula is C14H13N3OS. The quantitative estimate of drug-likeness (QED) is 0.772. The molecule has 3 rings (SSSR count). The van der Waals surface area contributed by atoms with Gasteiger partial charge in [-0.1, -0.05) is 29.4 Å². The zero-order valence-electron chi connectivity index (χ0n) is 10.7. The minimum Gasteiger partial charge on any atom is -0.367 e. The van der Waals surface area contributed by atoms with Gasteiger partial charge in [-0.25, -0.2) is 4.98 Å². The van der Waals surface area contributed by atoms with Crippen LogP contribution in [0.4, 0.5) is 5.88 Å². The van der Waals surface area contributed by atoms with Crippen molar-refractivity contribution < 1.29 is 4.52 Å². The molecule has 0 spiro atoms. The molecule has 2 heterocycles. The highest BCUT2D eigenvalue weighted by Crippen LogP contribution is 2.39. The van der Waals surface area contributed by atoms with Crippen LogP contribution >= 0.6 is 11.3 Å². The summed E-state index contributed by atoms with van der Waals surface area (Å²) in [4.78, 5) is 5.22. The monoisotopic (exact) mass is 271 g/mol. The van der Waals surface area contributed by atoms with Crippen LogP contribution in [-0.2, 0) is 0 Å². The van der Waals surface area contributed by atoms with E-state index < -0.39 is 0 Å². The van der Waals surface area contributed by atoms with Gasteiger partial charge in [-0.2, -0.15) is 0 Å². The highest BCUT2D eigenvalue weighted by atomic mass is 32.1. The van der Waals surface area contributed by atoms with Gasteiger partial charge in [0.1, 0.15) is 5.69 Å². The lowest BCUT2D eigenvalue weighted by molar-refractivity contribution is 0.439. The van der Waals surface area contributed by atoms with Crippen molar-refractivity contribution in [1.29, 1.82) is 0 Å². The van der Waals surface area contributed by atoms with Crippen LogP contribution in [0.5, 0.6) is 0 Å². The number of nitrogens with zero attached hydrogens (tertiary/aromatic N) is 2. The van der Waals surface area contributed by atoms with E-state index >= 15 is 0 Å². The molecular weight excluding hydrogens is 258 g/mol. The predicted octanol–water partition coefficient (Wildman–Crippen LogP) is 3.66. The second-order valence-electron chi connectivity index (χ2n) is 4.33. The molecule has 1 aromatic carbocycles. The maximum absolute atomic E-state index is 5.94. The average molecular weight is 271 g/mol. The third kappa shape index (κ3) is 2.02. The number of aryl methyl sites for hydroxylation is 2. The second kappa shape index (κ2) is 4.51. The van der Waals surface area contributed by atoms with E-state index in [-0.39, 0.29) is 0 Å². The Morgan fingerprint density at radius 3 is 2.68 bits per heavy atom. The maximum Gasteiger partial charge on any atom is 0.230 e. The van der Waals surface area contributed by atoms with Gasteiger partial charge < -0.3 is 10.3 Å². The van der Waals surface area contributed by atoms with E-state index in [9.17, 15) is 0 Å². The molecule has 2 N–H and O–H groups in total. The normalized spacial score (nSPS) is 10.8. The molecule has 0 fully saturated rings. The Labute approximate surface area is 114 Å². The fraction of sp³-hybridized carbons (Fsp3) is 0.143. The number of hydrogen-bond acceptors (Lipinski definition) is 5. The Balaban J connectivity index is 2.22. The van der Waals surface area contributed by atoms with Crippen molar-refractivity contribution in [1.82, 2.24) is 10.1 Å². The Morgan fingerprint density at radius 2 is 2.00 bits per heavy atom. The zero-order chi connectivity index (χ0) is 13.4. The van der Waals surface area contributed by atoms with Gasteiger partial charge in [0.25, 0.3) is 0 Å². The SMILES string of the molecule is Cc1ncc(-c2noc(N)c2-c2ccccc2C)s1. The van der Waals surface area contributed by atoms with E-state index in [0.717, 1.165) is 32.3 Å². The smallest absolute Gasteiger partial charge is 0.230 e. The van der Waals surface area contributed by atoms with Crippen LogP contribution in [-0.4, -0.2) is 10.1 Å². The lowest BCUT2D eigenvalue weighted by Gasteiger charge is -2.04. The van der Waals surface area contributed by atoms with E-state index in [1.165, 1.54) is 0 Å². The predicted molar refractivity (Wildman–Crippen MR) is 76.9 cm³/mol. The molecule has 0 saturated heterocycles. The number of thiazole rings is 1. The molecule has 0 unspecified atom stereocenters. The number of nitrogen functional groups attached to an aromatic ring is 1. The molecule has 3 aromatic rings. The van der Waals surface area contributed by atoms with Crippen molar-refractivity contribution in [3.05, 3.63) is 41.0 Å². The fourth-order valence-electron chi connectivity index (χ4n) is 2.06. The molecule has 0 atom stereocenters. The Morgan fingerprint density at radius 1 is 1.21 bits per heavy atom. The molecule has 0 radical (unpaired) electrons. The molecule has 0 amide bonds. The molecule has 0 bridgehead atoms. The first-order chi connectivity index (χ1) is 9.16. The average Bonchev–Trinajstić information content (AvgIpc) is 2.96. The van der Waals surface area contributed by atoms with E-state index in [1.54, 1.807) is 17.5 Å². The van der Waals surface area contributed by atoms with Crippen molar-refractivity contribution in [2.45, 2.75) is 13.8 Å². The summed E-state index contributed by atoms with van der Waals surface area (Å²) < 4.78 is 5.18. The molecule has 0 aliphatic carbocycles. The van der Waals surface area contributed by atoms with E-state index in [1.807, 2.05) is 38.1 Å². The molecule has 0 aliphatic rings. The molecule has 4 nitrogen and oxygen atoms in total. The van der Waals surface area contributed by atoms with Crippen molar-refractivity contribution >= 4 is 17.2 Å². The van der Waals surface area contributed by atoms with Gasteiger partial charge >= 0.3 is 0 Å². The summed E-state index contributed by atoms with van der Waals surface area (Å²) in [7, 11) is 0. The standard InChI is InChI=1S/C14H13N3OS/c1-8-5-3-4-6-10(8)12-13(17-18-14(12)15)11-7-16-9(2)19-11/h3-7H,15H2,1-2H3. The summed E-state index contributed by atoms with van der Waals surface area (Å²) in [6.45, 7) is 4.01. The molecule has 5 heteroatoms. The van der Waals surface area contributed by atoms with Crippen LogP contribution in [0.25, 0.3) is 21.7 Å². The van der Waals surface area contributed by atoms with Gasteiger partial charge in [-0.15, -0.1) is 11.3 Å². The van der Waals surface area contributed by atoms with Gasteiger partial charge in [-0.3, -0.25) is 0 Å². The van der Waals surface area contributed by atoms with Gasteiger partial charge in [0.2, 0.25) is 5.88 Å². The van der Waals surface area contributed by atoms with E-state index in [2.05, 4.69) is 10.1 Å². The second-order valence-corrected chi connectivity index (χ2v) is 5.56. The number of nitrogens with two attached hydrogens (primary N) is 1. The molecule has 0 saturated carbocycles. The van der Waals surface area contributed by atoms with Gasteiger partial charge in [0.15, 0.2) is 0 Å². The molecule has 96 valence electrons. The van der Waals surface area contributed by atoms with Crippen molar-refractivity contribution in [2.24, 2.45) is 0 Å². The highest BCUT2D eigenvalue weighted by Gasteiger charge is 2.20. The fourth-order valence-corrected chi connectivity index (χ4v) is 2.82. The van der Waals surface area contributed by atoms with Crippen molar-refractivity contribution in [2.75, 3.05) is 5.73 Å². The van der Waals surface area contributed by atoms with E-state index in [4.69, 9.17) is 10.3 Å². The summed E-state index contributed by atoms with van der Waals surface area (Å²) in [5.41, 5.74) is 9.73. The van der Waals surface area contributed by atoms with Gasteiger partial charge in [0, 0.05) is 6.20 Å². The van der Waals surface area contributed by atoms with Crippen molar-refractivity contribution in [3.63, 3.8) is 0 Å². The summed E-state index contributed by atoms with van der Waals surface area (Å²) in [6, 6.07) is 8.05. The molecule has 0 aliphatic heterocycles. The van der Waals surface area contributed by atoms with Crippen LogP contribution in [0.15, 0.2) is 35.0 Å². The Kier molecular flexibility index (Phi) is 2.83. The van der Waals surface area contributed by atoms with Crippen LogP contribution in [0.3, 0.4) is 0 Å². The van der Waals surface area contributed by atoms with E-state index in [0.29, 0.717) is 5.88 Å². The Bertz CT molecular complexity index is 730. The number of hydrogen-bond donors (Lipinski definition) is 1. The Hall–Kier alpha value is -2.14. The van der Waals surface area contributed by atoms with Gasteiger partial charge in [0.05, 0.1) is 15.4 Å². The number of benzene rings is 1. The minimum atomic E-state index is 0.343. The third-order valence-electron chi connectivity index (χ3n) is 2.99. The third-order valence-corrected chi connectivity index (χ3v) is 3.91.